The summed E-state index contributed by atoms with van der Waals surface area (Å²) in [5.41, 5.74) is 0.540. The molecule has 1 aromatic carbocycles. The number of hydrogen-bond acceptors (Lipinski definition) is 2. The minimum atomic E-state index is -0.905. The zero-order valence-corrected chi connectivity index (χ0v) is 10.6. The first-order valence-corrected chi connectivity index (χ1v) is 5.99. The van der Waals surface area contributed by atoms with Crippen molar-refractivity contribution in [1.29, 1.82) is 0 Å². The molecule has 1 atom stereocenters. The first-order chi connectivity index (χ1) is 8.54. The molecule has 18 heavy (non-hydrogen) atoms. The van der Waals surface area contributed by atoms with Crippen molar-refractivity contribution in [3.63, 3.8) is 0 Å². The van der Waals surface area contributed by atoms with Crippen LogP contribution in [0, 0.1) is 11.6 Å². The summed E-state index contributed by atoms with van der Waals surface area (Å²) in [4.78, 5) is 11.5. The first kappa shape index (κ1) is 14.6. The number of carbonyl (C=O) groups is 1. The fraction of sp³-hybridized carbons (Fsp3) is 0.462. The summed E-state index contributed by atoms with van der Waals surface area (Å²) in [6.07, 6.45) is 0.950. The van der Waals surface area contributed by atoms with E-state index in [1.165, 1.54) is 6.07 Å². The first-order valence-electron chi connectivity index (χ1n) is 5.99. The maximum absolute atomic E-state index is 13.0. The Morgan fingerprint density at radius 1 is 1.33 bits per heavy atom. The number of nitrogens with one attached hydrogen (secondary N) is 2. The molecular weight excluding hydrogens is 238 g/mol. The van der Waals surface area contributed by atoms with Crippen molar-refractivity contribution < 1.29 is 13.6 Å². The molecule has 0 aromatic heterocycles. The fourth-order valence-electron chi connectivity index (χ4n) is 1.54. The summed E-state index contributed by atoms with van der Waals surface area (Å²) < 4.78 is 25.8. The van der Waals surface area contributed by atoms with Gasteiger partial charge in [0.05, 0.1) is 12.6 Å². The van der Waals surface area contributed by atoms with E-state index in [0.29, 0.717) is 5.56 Å². The van der Waals surface area contributed by atoms with Crippen molar-refractivity contribution in [2.75, 3.05) is 13.1 Å². The third-order valence-corrected chi connectivity index (χ3v) is 2.53. The van der Waals surface area contributed by atoms with Gasteiger partial charge in [0.2, 0.25) is 5.91 Å². The van der Waals surface area contributed by atoms with Gasteiger partial charge < -0.3 is 10.6 Å². The Bertz CT molecular complexity index is 410. The molecule has 0 aliphatic heterocycles. The highest BCUT2D eigenvalue weighted by molar-refractivity contribution is 5.78. The highest BCUT2D eigenvalue weighted by atomic mass is 19.2. The van der Waals surface area contributed by atoms with Crippen molar-refractivity contribution in [1.82, 2.24) is 10.6 Å². The van der Waals surface area contributed by atoms with E-state index in [1.807, 2.05) is 6.92 Å². The van der Waals surface area contributed by atoms with Gasteiger partial charge in [-0.25, -0.2) is 8.78 Å². The number of hydrogen-bond donors (Lipinski definition) is 2. The van der Waals surface area contributed by atoms with Crippen molar-refractivity contribution in [3.8, 4) is 0 Å². The molecular formula is C13H18F2N2O. The van der Waals surface area contributed by atoms with E-state index < -0.39 is 11.6 Å². The van der Waals surface area contributed by atoms with Crippen LogP contribution in [0.3, 0.4) is 0 Å². The Kier molecular flexibility index (Phi) is 5.71. The molecule has 0 saturated heterocycles. The van der Waals surface area contributed by atoms with Gasteiger partial charge in [0, 0.05) is 0 Å². The van der Waals surface area contributed by atoms with E-state index in [0.717, 1.165) is 25.1 Å². The lowest BCUT2D eigenvalue weighted by atomic mass is 10.1. The zero-order chi connectivity index (χ0) is 13.5. The largest absolute Gasteiger partial charge is 0.348 e. The monoisotopic (exact) mass is 256 g/mol. The number of benzene rings is 1. The molecule has 5 heteroatoms. The van der Waals surface area contributed by atoms with Crippen LogP contribution in [0.5, 0.6) is 0 Å². The van der Waals surface area contributed by atoms with Gasteiger partial charge in [0.25, 0.3) is 0 Å². The van der Waals surface area contributed by atoms with E-state index in [2.05, 4.69) is 10.6 Å². The molecule has 1 unspecified atom stereocenters. The van der Waals surface area contributed by atoms with Gasteiger partial charge in [-0.2, -0.15) is 0 Å². The molecule has 3 nitrogen and oxygen atoms in total. The second-order valence-corrected chi connectivity index (χ2v) is 4.14. The van der Waals surface area contributed by atoms with E-state index >= 15 is 0 Å². The number of amides is 1. The Balaban J connectivity index is 2.51. The summed E-state index contributed by atoms with van der Waals surface area (Å²) in [5, 5.41) is 5.68. The van der Waals surface area contributed by atoms with Crippen molar-refractivity contribution >= 4 is 5.91 Å². The standard InChI is InChI=1S/C13H18F2N2O/c1-3-6-16-8-13(18)17-9(2)10-4-5-11(14)12(15)7-10/h4-5,7,9,16H,3,6,8H2,1-2H3,(H,17,18). The van der Waals surface area contributed by atoms with Gasteiger partial charge in [-0.05, 0) is 37.6 Å². The van der Waals surface area contributed by atoms with Gasteiger partial charge in [-0.1, -0.05) is 13.0 Å². The SMILES string of the molecule is CCCNCC(=O)NC(C)c1ccc(F)c(F)c1. The summed E-state index contributed by atoms with van der Waals surface area (Å²) in [5.74, 6) is -1.96. The predicted molar refractivity (Wildman–Crippen MR) is 66.1 cm³/mol. The smallest absolute Gasteiger partial charge is 0.234 e. The van der Waals surface area contributed by atoms with Crippen LogP contribution in [0.25, 0.3) is 0 Å². The van der Waals surface area contributed by atoms with Gasteiger partial charge in [0.1, 0.15) is 0 Å². The number of rotatable bonds is 6. The van der Waals surface area contributed by atoms with E-state index in [-0.39, 0.29) is 18.5 Å². The van der Waals surface area contributed by atoms with Crippen LogP contribution < -0.4 is 10.6 Å². The molecule has 0 bridgehead atoms. The highest BCUT2D eigenvalue weighted by Crippen LogP contribution is 2.15. The molecule has 2 N–H and O–H groups in total. The van der Waals surface area contributed by atoms with E-state index in [1.54, 1.807) is 6.92 Å². The molecule has 0 saturated carbocycles. The zero-order valence-electron chi connectivity index (χ0n) is 10.6. The van der Waals surface area contributed by atoms with Gasteiger partial charge >= 0.3 is 0 Å². The van der Waals surface area contributed by atoms with Gasteiger partial charge in [-0.15, -0.1) is 0 Å². The van der Waals surface area contributed by atoms with E-state index in [4.69, 9.17) is 0 Å². The predicted octanol–water partition coefficient (Wildman–Crippen LogP) is 2.14. The molecule has 0 aliphatic carbocycles. The fourth-order valence-corrected chi connectivity index (χ4v) is 1.54. The van der Waals surface area contributed by atoms with Crippen LogP contribution in [0.1, 0.15) is 31.9 Å². The van der Waals surface area contributed by atoms with Crippen LogP contribution in [0.15, 0.2) is 18.2 Å². The molecule has 1 rings (SSSR count). The Labute approximate surface area is 106 Å². The Morgan fingerprint density at radius 2 is 2.06 bits per heavy atom. The molecule has 0 spiro atoms. The maximum atomic E-state index is 13.0. The normalized spacial score (nSPS) is 12.2. The maximum Gasteiger partial charge on any atom is 0.234 e. The van der Waals surface area contributed by atoms with Crippen LogP contribution in [0.4, 0.5) is 8.78 Å². The minimum absolute atomic E-state index is 0.166. The number of carbonyl (C=O) groups excluding carboxylic acids is 1. The summed E-state index contributed by atoms with van der Waals surface area (Å²) in [6, 6.07) is 3.27. The summed E-state index contributed by atoms with van der Waals surface area (Å²) in [6.45, 7) is 4.73. The molecule has 0 fully saturated rings. The number of halogens is 2. The van der Waals surface area contributed by atoms with Crippen LogP contribution >= 0.6 is 0 Å². The van der Waals surface area contributed by atoms with Crippen molar-refractivity contribution in [3.05, 3.63) is 35.4 Å². The second-order valence-electron chi connectivity index (χ2n) is 4.14. The van der Waals surface area contributed by atoms with Crippen LogP contribution in [-0.4, -0.2) is 19.0 Å². The molecule has 1 aromatic rings. The van der Waals surface area contributed by atoms with Gasteiger partial charge in [0.15, 0.2) is 11.6 Å². The summed E-state index contributed by atoms with van der Waals surface area (Å²) >= 11 is 0. The molecule has 0 heterocycles. The lowest BCUT2D eigenvalue weighted by molar-refractivity contribution is -0.120. The Morgan fingerprint density at radius 3 is 2.67 bits per heavy atom. The summed E-state index contributed by atoms with van der Waals surface area (Å²) in [7, 11) is 0. The van der Waals surface area contributed by atoms with Crippen LogP contribution in [0.2, 0.25) is 0 Å². The lowest BCUT2D eigenvalue weighted by Gasteiger charge is -2.14. The Hall–Kier alpha value is -1.49. The average Bonchev–Trinajstić information content (AvgIpc) is 2.33. The minimum Gasteiger partial charge on any atom is -0.348 e. The third-order valence-electron chi connectivity index (χ3n) is 2.53. The molecule has 100 valence electrons. The molecule has 0 aliphatic rings. The second kappa shape index (κ2) is 7.06. The van der Waals surface area contributed by atoms with E-state index in [9.17, 15) is 13.6 Å². The lowest BCUT2D eigenvalue weighted by Crippen LogP contribution is -2.35. The topological polar surface area (TPSA) is 41.1 Å². The van der Waals surface area contributed by atoms with Crippen molar-refractivity contribution in [2.45, 2.75) is 26.3 Å². The van der Waals surface area contributed by atoms with Crippen LogP contribution in [-0.2, 0) is 4.79 Å². The van der Waals surface area contributed by atoms with Crippen molar-refractivity contribution in [2.24, 2.45) is 0 Å². The molecule has 0 radical (unpaired) electrons. The quantitative estimate of drug-likeness (QED) is 0.766. The average molecular weight is 256 g/mol. The highest BCUT2D eigenvalue weighted by Gasteiger charge is 2.11. The third kappa shape index (κ3) is 4.41. The molecule has 1 amide bonds. The van der Waals surface area contributed by atoms with Gasteiger partial charge in [-0.3, -0.25) is 4.79 Å².